The number of Topliss-reactive ketones (excluding diaryl/α,β-unsaturated/α-hetero) is 1. The van der Waals surface area contributed by atoms with E-state index in [9.17, 15) is 19.7 Å². The van der Waals surface area contributed by atoms with Crippen LogP contribution in [0.3, 0.4) is 0 Å². The van der Waals surface area contributed by atoms with Gasteiger partial charge in [0.1, 0.15) is 10.8 Å². The molecule has 1 unspecified atom stereocenters. The van der Waals surface area contributed by atoms with Crippen molar-refractivity contribution in [3.63, 3.8) is 0 Å². The highest BCUT2D eigenvalue weighted by molar-refractivity contribution is 6.32. The van der Waals surface area contributed by atoms with E-state index in [1.165, 1.54) is 19.2 Å². The predicted molar refractivity (Wildman–Crippen MR) is 125 cm³/mol. The third-order valence-corrected chi connectivity index (χ3v) is 6.33. The number of ketones is 1. The van der Waals surface area contributed by atoms with Crippen LogP contribution in [0.5, 0.6) is 5.75 Å². The Hall–Kier alpha value is -3.52. The molecule has 0 spiro atoms. The smallest absolute Gasteiger partial charge is 0.288 e. The van der Waals surface area contributed by atoms with Gasteiger partial charge in [-0.15, -0.1) is 0 Å². The van der Waals surface area contributed by atoms with Crippen LogP contribution in [-0.2, 0) is 9.59 Å². The molecule has 0 fully saturated rings. The van der Waals surface area contributed by atoms with Gasteiger partial charge in [-0.05, 0) is 43.5 Å². The van der Waals surface area contributed by atoms with Gasteiger partial charge in [-0.3, -0.25) is 24.7 Å². The van der Waals surface area contributed by atoms with Gasteiger partial charge in [0.2, 0.25) is 5.91 Å². The standard InChI is InChI=1S/C24H22ClN3O5/c1-13-21(24(30)27-16-6-3-4-9-20(16)33-2)22(23-17(26-13)7-5-8-19(23)29)14-10-11-15(25)18(12-14)28(31)32/h3-4,6,9-12,21-22H,5,7-8H2,1-2H3,(H,27,30)/t21?,22-/m0/s1. The Bertz CT molecular complexity index is 1220. The highest BCUT2D eigenvalue weighted by atomic mass is 35.5. The van der Waals surface area contributed by atoms with Crippen molar-refractivity contribution < 1.29 is 19.2 Å². The fourth-order valence-corrected chi connectivity index (χ4v) is 4.71. The first-order valence-electron chi connectivity index (χ1n) is 10.5. The zero-order chi connectivity index (χ0) is 23.7. The molecule has 2 aromatic rings. The molecule has 33 heavy (non-hydrogen) atoms. The van der Waals surface area contributed by atoms with Crippen molar-refractivity contribution in [2.24, 2.45) is 10.9 Å². The first kappa shape index (κ1) is 22.7. The number of amides is 1. The van der Waals surface area contributed by atoms with Crippen molar-refractivity contribution in [2.45, 2.75) is 32.1 Å². The van der Waals surface area contributed by atoms with Gasteiger partial charge in [-0.25, -0.2) is 0 Å². The van der Waals surface area contributed by atoms with E-state index in [1.54, 1.807) is 37.3 Å². The molecule has 8 nitrogen and oxygen atoms in total. The van der Waals surface area contributed by atoms with Gasteiger partial charge in [0.25, 0.3) is 5.69 Å². The number of hydrogen-bond acceptors (Lipinski definition) is 6. The summed E-state index contributed by atoms with van der Waals surface area (Å²) in [7, 11) is 1.51. The maximum absolute atomic E-state index is 13.6. The number of para-hydroxylation sites is 2. The van der Waals surface area contributed by atoms with Gasteiger partial charge in [0.05, 0.1) is 23.6 Å². The molecule has 0 saturated heterocycles. The largest absolute Gasteiger partial charge is 0.495 e. The van der Waals surface area contributed by atoms with Crippen LogP contribution in [0, 0.1) is 16.0 Å². The molecule has 170 valence electrons. The Morgan fingerprint density at radius 2 is 2.00 bits per heavy atom. The summed E-state index contributed by atoms with van der Waals surface area (Å²) >= 11 is 6.03. The van der Waals surface area contributed by atoms with Crippen molar-refractivity contribution in [3.8, 4) is 5.75 Å². The molecule has 2 atom stereocenters. The predicted octanol–water partition coefficient (Wildman–Crippen LogP) is 5.08. The van der Waals surface area contributed by atoms with Crippen LogP contribution in [0.4, 0.5) is 11.4 Å². The van der Waals surface area contributed by atoms with Crippen molar-refractivity contribution in [3.05, 3.63) is 74.4 Å². The van der Waals surface area contributed by atoms with Crippen LogP contribution in [-0.4, -0.2) is 29.4 Å². The summed E-state index contributed by atoms with van der Waals surface area (Å²) in [6.45, 7) is 1.74. The van der Waals surface area contributed by atoms with Crippen LogP contribution in [0.25, 0.3) is 0 Å². The van der Waals surface area contributed by atoms with Crippen molar-refractivity contribution in [1.82, 2.24) is 0 Å². The average molecular weight is 468 g/mol. The van der Waals surface area contributed by atoms with Crippen LogP contribution < -0.4 is 10.1 Å². The molecular formula is C24H22ClN3O5. The number of ether oxygens (including phenoxy) is 1. The molecule has 0 bridgehead atoms. The zero-order valence-corrected chi connectivity index (χ0v) is 18.9. The Balaban J connectivity index is 1.83. The second-order valence-electron chi connectivity index (χ2n) is 8.00. The van der Waals surface area contributed by atoms with E-state index >= 15 is 0 Å². The highest BCUT2D eigenvalue weighted by Crippen LogP contribution is 2.45. The second kappa shape index (κ2) is 9.15. The van der Waals surface area contributed by atoms with Crippen molar-refractivity contribution in [1.29, 1.82) is 0 Å². The van der Waals surface area contributed by atoms with Gasteiger partial charge in [-0.2, -0.15) is 0 Å². The first-order chi connectivity index (χ1) is 15.8. The molecule has 9 heteroatoms. The van der Waals surface area contributed by atoms with Crippen LogP contribution in [0.15, 0.2) is 58.7 Å². The Kier molecular flexibility index (Phi) is 6.29. The quantitative estimate of drug-likeness (QED) is 0.487. The fourth-order valence-electron chi connectivity index (χ4n) is 4.53. The van der Waals surface area contributed by atoms with Gasteiger partial charge < -0.3 is 10.1 Å². The number of carbonyl (C=O) groups excluding carboxylic acids is 2. The minimum atomic E-state index is -0.837. The van der Waals surface area contributed by atoms with E-state index < -0.39 is 16.8 Å². The fraction of sp³-hybridized carbons (Fsp3) is 0.292. The number of hydrogen-bond donors (Lipinski definition) is 1. The van der Waals surface area contributed by atoms with Gasteiger partial charge >= 0.3 is 0 Å². The Labute approximate surface area is 195 Å². The summed E-state index contributed by atoms with van der Waals surface area (Å²) in [6.07, 6.45) is 1.64. The molecule has 1 aliphatic carbocycles. The average Bonchev–Trinajstić information content (AvgIpc) is 2.78. The van der Waals surface area contributed by atoms with Crippen LogP contribution >= 0.6 is 11.6 Å². The first-order valence-corrected chi connectivity index (χ1v) is 10.9. The summed E-state index contributed by atoms with van der Waals surface area (Å²) in [5.41, 5.74) is 2.31. The lowest BCUT2D eigenvalue weighted by atomic mass is 9.71. The minimum Gasteiger partial charge on any atom is -0.495 e. The van der Waals surface area contributed by atoms with E-state index in [4.69, 9.17) is 16.3 Å². The zero-order valence-electron chi connectivity index (χ0n) is 18.1. The Morgan fingerprint density at radius 3 is 2.73 bits per heavy atom. The number of nitro groups is 1. The van der Waals surface area contributed by atoms with Crippen LogP contribution in [0.1, 0.15) is 37.7 Å². The summed E-state index contributed by atoms with van der Waals surface area (Å²) in [4.78, 5) is 42.1. The third-order valence-electron chi connectivity index (χ3n) is 6.01. The second-order valence-corrected chi connectivity index (χ2v) is 8.41. The number of methoxy groups -OCH3 is 1. The number of anilines is 1. The molecule has 2 aliphatic rings. The lowest BCUT2D eigenvalue weighted by molar-refractivity contribution is -0.384. The number of nitro benzene ring substituents is 1. The van der Waals surface area contributed by atoms with E-state index in [0.29, 0.717) is 53.2 Å². The Morgan fingerprint density at radius 1 is 1.24 bits per heavy atom. The van der Waals surface area contributed by atoms with Gasteiger partial charge in [-0.1, -0.05) is 29.8 Å². The molecule has 1 aliphatic heterocycles. The molecule has 4 rings (SSSR count). The van der Waals surface area contributed by atoms with E-state index in [-0.39, 0.29) is 22.4 Å². The van der Waals surface area contributed by atoms with E-state index in [2.05, 4.69) is 10.3 Å². The summed E-state index contributed by atoms with van der Waals surface area (Å²) in [5.74, 6) is -1.53. The molecule has 1 heterocycles. The topological polar surface area (TPSA) is 111 Å². The van der Waals surface area contributed by atoms with Crippen molar-refractivity contribution in [2.75, 3.05) is 12.4 Å². The van der Waals surface area contributed by atoms with Crippen LogP contribution in [0.2, 0.25) is 5.02 Å². The van der Waals surface area contributed by atoms with E-state index in [0.717, 1.165) is 0 Å². The molecule has 0 saturated carbocycles. The third kappa shape index (κ3) is 4.26. The molecule has 1 amide bonds. The van der Waals surface area contributed by atoms with Gasteiger partial charge in [0.15, 0.2) is 5.78 Å². The van der Waals surface area contributed by atoms with E-state index in [1.807, 2.05) is 0 Å². The minimum absolute atomic E-state index is 0.0101. The lowest BCUT2D eigenvalue weighted by Crippen LogP contribution is -2.39. The number of carbonyl (C=O) groups is 2. The summed E-state index contributed by atoms with van der Waals surface area (Å²) in [5, 5.41) is 14.4. The SMILES string of the molecule is COc1ccccc1NC(=O)C1C(C)=NC2=C(C(=O)CCC2)[C@H]1c1ccc(Cl)c([N+](=O)[O-])c1. The summed E-state index contributed by atoms with van der Waals surface area (Å²) in [6, 6.07) is 11.4. The number of nitrogens with one attached hydrogen (secondary N) is 1. The molecule has 1 N–H and O–H groups in total. The molecular weight excluding hydrogens is 446 g/mol. The maximum atomic E-state index is 13.6. The number of aliphatic imine (C=N–C) groups is 1. The molecule has 2 aromatic carbocycles. The number of allylic oxidation sites excluding steroid dienone is 2. The number of benzene rings is 2. The normalized spacial score (nSPS) is 20.1. The van der Waals surface area contributed by atoms with Gasteiger partial charge in [0, 0.05) is 35.4 Å². The molecule has 0 aromatic heterocycles. The maximum Gasteiger partial charge on any atom is 0.288 e. The highest BCUT2D eigenvalue weighted by Gasteiger charge is 2.43. The number of halogens is 1. The monoisotopic (exact) mass is 467 g/mol. The molecule has 0 radical (unpaired) electrons. The lowest BCUT2D eigenvalue weighted by Gasteiger charge is -2.35. The van der Waals surface area contributed by atoms with Crippen molar-refractivity contribution >= 4 is 40.4 Å². The summed E-state index contributed by atoms with van der Waals surface area (Å²) < 4.78 is 5.33. The number of nitrogens with zero attached hydrogens (tertiary/aromatic N) is 2. The number of rotatable bonds is 5.